The molecule has 0 amide bonds. The number of benzene rings is 2. The monoisotopic (exact) mass is 578 g/mol. The highest BCUT2D eigenvalue weighted by molar-refractivity contribution is 5.89. The van der Waals surface area contributed by atoms with E-state index < -0.39 is 0 Å². The predicted octanol–water partition coefficient (Wildman–Crippen LogP) is 11.2. The summed E-state index contributed by atoms with van der Waals surface area (Å²) < 4.78 is 18.3. The Kier molecular flexibility index (Phi) is 12.8. The van der Waals surface area contributed by atoms with Crippen LogP contribution in [-0.2, 0) is 11.2 Å². The highest BCUT2D eigenvalue weighted by atomic mass is 16.5. The quantitative estimate of drug-likeness (QED) is 0.186. The van der Waals surface area contributed by atoms with Gasteiger partial charge in [0.25, 0.3) is 0 Å². The maximum atomic E-state index is 12.2. The molecule has 3 unspecified atom stereocenters. The summed E-state index contributed by atoms with van der Waals surface area (Å²) in [6, 6.07) is 9.33. The van der Waals surface area contributed by atoms with Gasteiger partial charge in [-0.2, -0.15) is 0 Å². The summed E-state index contributed by atoms with van der Waals surface area (Å²) in [5.41, 5.74) is 3.87. The van der Waals surface area contributed by atoms with E-state index >= 15 is 0 Å². The topological polar surface area (TPSA) is 44.8 Å². The van der Waals surface area contributed by atoms with Gasteiger partial charge in [0, 0.05) is 5.56 Å². The van der Waals surface area contributed by atoms with Crippen molar-refractivity contribution in [3.05, 3.63) is 52.6 Å². The lowest BCUT2D eigenvalue weighted by molar-refractivity contribution is 0.0377. The van der Waals surface area contributed by atoms with Gasteiger partial charge in [-0.25, -0.2) is 4.79 Å². The predicted molar refractivity (Wildman–Crippen MR) is 175 cm³/mol. The summed E-state index contributed by atoms with van der Waals surface area (Å²) >= 11 is 0. The van der Waals surface area contributed by atoms with Crippen LogP contribution >= 0.6 is 0 Å². The molecule has 3 atom stereocenters. The molecule has 4 heteroatoms. The molecule has 1 aliphatic heterocycles. The molecule has 234 valence electrons. The molecule has 0 spiro atoms. The average molecular weight is 579 g/mol. The van der Waals surface area contributed by atoms with E-state index in [9.17, 15) is 4.79 Å². The van der Waals surface area contributed by atoms with Crippen LogP contribution in [0.3, 0.4) is 0 Å². The Morgan fingerprint density at radius 1 is 0.881 bits per heavy atom. The van der Waals surface area contributed by atoms with E-state index in [0.717, 1.165) is 59.6 Å². The van der Waals surface area contributed by atoms with Crippen LogP contribution < -0.4 is 9.47 Å². The van der Waals surface area contributed by atoms with Crippen molar-refractivity contribution < 1.29 is 19.0 Å². The fourth-order valence-electron chi connectivity index (χ4n) is 6.27. The maximum absolute atomic E-state index is 12.2. The number of rotatable bonds is 16. The number of hydrogen-bond donors (Lipinski definition) is 0. The van der Waals surface area contributed by atoms with Crippen LogP contribution in [0, 0.1) is 31.6 Å². The zero-order valence-corrected chi connectivity index (χ0v) is 28.1. The lowest BCUT2D eigenvalue weighted by Gasteiger charge is -2.37. The molecule has 4 nitrogen and oxygen atoms in total. The largest absolute Gasteiger partial charge is 0.487 e. The van der Waals surface area contributed by atoms with Crippen molar-refractivity contribution in [2.24, 2.45) is 17.8 Å². The molecule has 1 aliphatic rings. The van der Waals surface area contributed by atoms with Crippen LogP contribution in [0.5, 0.6) is 17.2 Å². The number of carbonyl (C=O) groups excluding carboxylic acids is 1. The molecule has 42 heavy (non-hydrogen) atoms. The molecule has 3 rings (SSSR count). The van der Waals surface area contributed by atoms with Crippen LogP contribution in [0.4, 0.5) is 0 Å². The molecule has 0 fully saturated rings. The minimum Gasteiger partial charge on any atom is -0.487 e. The van der Waals surface area contributed by atoms with Crippen molar-refractivity contribution in [2.75, 3.05) is 0 Å². The lowest BCUT2D eigenvalue weighted by atomic mass is 9.85. The normalized spacial score (nSPS) is 18.0. The Morgan fingerprint density at radius 3 is 2.07 bits per heavy atom. The molecule has 2 aromatic rings. The third-order valence-corrected chi connectivity index (χ3v) is 8.98. The van der Waals surface area contributed by atoms with Gasteiger partial charge in [0.1, 0.15) is 22.8 Å². The molecule has 0 saturated carbocycles. The van der Waals surface area contributed by atoms with Crippen molar-refractivity contribution in [2.45, 2.75) is 145 Å². The lowest BCUT2D eigenvalue weighted by Crippen LogP contribution is -2.36. The summed E-state index contributed by atoms with van der Waals surface area (Å²) in [5.74, 6) is 4.76. The minimum absolute atomic E-state index is 0.112. The Bertz CT molecular complexity index is 1130. The zero-order chi connectivity index (χ0) is 30.9. The smallest absolute Gasteiger partial charge is 0.338 e. The third-order valence-electron chi connectivity index (χ3n) is 8.98. The van der Waals surface area contributed by atoms with Crippen molar-refractivity contribution in [3.63, 3.8) is 0 Å². The number of fused-ring (bicyclic) bond motifs is 1. The maximum Gasteiger partial charge on any atom is 0.338 e. The molecular weight excluding hydrogens is 520 g/mol. The standard InChI is InChI=1S/C38H58O4/c1-26(2)13-10-14-28(5)15-11-16-29(6)17-12-23-38(9)24-22-34-31(8)36(30(7)25-35(34)42-38)41-33-20-18-32(19-21-33)37(39)40-27(3)4/h18-21,25-29H,10-17,22-24H2,1-9H3. The first-order chi connectivity index (χ1) is 19.9. The second kappa shape index (κ2) is 15.8. The van der Waals surface area contributed by atoms with Crippen LogP contribution in [-0.4, -0.2) is 17.7 Å². The third kappa shape index (κ3) is 10.3. The first kappa shape index (κ1) is 34.0. The molecule has 0 saturated heterocycles. The van der Waals surface area contributed by atoms with Gasteiger partial charge in [0.05, 0.1) is 11.7 Å². The van der Waals surface area contributed by atoms with Crippen molar-refractivity contribution in [3.8, 4) is 17.2 Å². The summed E-state index contributed by atoms with van der Waals surface area (Å²) in [6.07, 6.45) is 13.7. The van der Waals surface area contributed by atoms with Crippen LogP contribution in [0.1, 0.15) is 140 Å². The average Bonchev–Trinajstić information content (AvgIpc) is 2.90. The molecule has 0 bridgehead atoms. The minimum atomic E-state index is -0.315. The first-order valence-corrected chi connectivity index (χ1v) is 16.7. The first-order valence-electron chi connectivity index (χ1n) is 16.7. The highest BCUT2D eigenvalue weighted by Gasteiger charge is 2.33. The highest BCUT2D eigenvalue weighted by Crippen LogP contribution is 2.43. The van der Waals surface area contributed by atoms with E-state index in [1.54, 1.807) is 12.1 Å². The van der Waals surface area contributed by atoms with Gasteiger partial charge < -0.3 is 14.2 Å². The molecular formula is C38H58O4. The van der Waals surface area contributed by atoms with Crippen molar-refractivity contribution in [1.29, 1.82) is 0 Å². The fourth-order valence-corrected chi connectivity index (χ4v) is 6.27. The molecule has 0 radical (unpaired) electrons. The number of esters is 1. The van der Waals surface area contributed by atoms with Gasteiger partial charge in [-0.15, -0.1) is 0 Å². The fraction of sp³-hybridized carbons (Fsp3) is 0.658. The van der Waals surface area contributed by atoms with Gasteiger partial charge in [-0.05, 0) is 120 Å². The van der Waals surface area contributed by atoms with Gasteiger partial charge in [-0.3, -0.25) is 0 Å². The molecule has 0 aromatic heterocycles. The number of ether oxygens (including phenoxy) is 3. The van der Waals surface area contributed by atoms with E-state index in [1.807, 2.05) is 26.0 Å². The van der Waals surface area contributed by atoms with Crippen molar-refractivity contribution >= 4 is 5.97 Å². The number of carbonyl (C=O) groups is 1. The Labute approximate surface area is 256 Å². The Hall–Kier alpha value is -2.49. The van der Waals surface area contributed by atoms with E-state index in [-0.39, 0.29) is 17.7 Å². The Balaban J connectivity index is 1.49. The second-order valence-corrected chi connectivity index (χ2v) is 14.1. The van der Waals surface area contributed by atoms with E-state index in [2.05, 4.69) is 54.5 Å². The molecule has 0 aliphatic carbocycles. The van der Waals surface area contributed by atoms with Crippen LogP contribution in [0.2, 0.25) is 0 Å². The van der Waals surface area contributed by atoms with Gasteiger partial charge in [0.2, 0.25) is 0 Å². The van der Waals surface area contributed by atoms with E-state index in [0.29, 0.717) is 11.3 Å². The molecule has 0 N–H and O–H groups in total. The zero-order valence-electron chi connectivity index (χ0n) is 28.1. The van der Waals surface area contributed by atoms with Crippen molar-refractivity contribution in [1.82, 2.24) is 0 Å². The summed E-state index contributed by atoms with van der Waals surface area (Å²) in [7, 11) is 0. The van der Waals surface area contributed by atoms with Crippen LogP contribution in [0.15, 0.2) is 30.3 Å². The Morgan fingerprint density at radius 2 is 1.48 bits per heavy atom. The second-order valence-electron chi connectivity index (χ2n) is 14.1. The number of hydrogen-bond acceptors (Lipinski definition) is 4. The van der Waals surface area contributed by atoms with Gasteiger partial charge >= 0.3 is 5.97 Å². The molecule has 2 aromatic carbocycles. The number of aryl methyl sites for hydroxylation is 1. The molecule has 1 heterocycles. The van der Waals surface area contributed by atoms with Gasteiger partial charge in [0.15, 0.2) is 0 Å². The summed E-state index contributed by atoms with van der Waals surface area (Å²) in [4.78, 5) is 12.2. The van der Waals surface area contributed by atoms with E-state index in [4.69, 9.17) is 14.2 Å². The van der Waals surface area contributed by atoms with Gasteiger partial charge in [-0.1, -0.05) is 72.6 Å². The SMILES string of the molecule is Cc1cc2c(c(C)c1Oc1ccc(C(=O)OC(C)C)cc1)CCC(C)(CCCC(C)CCCC(C)CCCC(C)C)O2. The van der Waals surface area contributed by atoms with E-state index in [1.165, 1.54) is 56.9 Å². The summed E-state index contributed by atoms with van der Waals surface area (Å²) in [6.45, 7) is 19.7. The van der Waals surface area contributed by atoms with Crippen LogP contribution in [0.25, 0.3) is 0 Å². The summed E-state index contributed by atoms with van der Waals surface area (Å²) in [5, 5.41) is 0.